The van der Waals surface area contributed by atoms with Crippen molar-refractivity contribution in [1.82, 2.24) is 10.2 Å². The lowest BCUT2D eigenvalue weighted by molar-refractivity contribution is -0.145. The number of hydrogen-bond acceptors (Lipinski definition) is 6. The summed E-state index contributed by atoms with van der Waals surface area (Å²) in [5.41, 5.74) is 0. The summed E-state index contributed by atoms with van der Waals surface area (Å²) < 4.78 is 15.2. The van der Waals surface area contributed by atoms with E-state index in [1.54, 1.807) is 25.3 Å². The topological polar surface area (TPSA) is 81.0 Å². The van der Waals surface area contributed by atoms with Crippen molar-refractivity contribution in [2.24, 2.45) is 5.92 Å². The van der Waals surface area contributed by atoms with Gasteiger partial charge in [0.1, 0.15) is 5.76 Å². The zero-order valence-corrected chi connectivity index (χ0v) is 14.0. The molecule has 1 heterocycles. The first-order chi connectivity index (χ1) is 11.1. The van der Waals surface area contributed by atoms with Crippen molar-refractivity contribution >= 4 is 11.9 Å². The first kappa shape index (κ1) is 19.2. The predicted octanol–water partition coefficient (Wildman–Crippen LogP) is 1.04. The van der Waals surface area contributed by atoms with Crippen LogP contribution in [0.5, 0.6) is 0 Å². The minimum Gasteiger partial charge on any atom is -0.469 e. The molecular formula is C16H26N2O5. The fraction of sp³-hybridized carbons (Fsp3) is 0.625. The molecule has 1 rings (SSSR count). The van der Waals surface area contributed by atoms with Crippen molar-refractivity contribution in [2.75, 3.05) is 40.0 Å². The quantitative estimate of drug-likeness (QED) is 0.483. The molecule has 0 saturated carbocycles. The summed E-state index contributed by atoms with van der Waals surface area (Å²) in [6.07, 6.45) is 1.56. The van der Waals surface area contributed by atoms with Crippen LogP contribution in [0.2, 0.25) is 0 Å². The maximum Gasteiger partial charge on any atom is 0.309 e. The summed E-state index contributed by atoms with van der Waals surface area (Å²) in [7, 11) is 1.36. The highest BCUT2D eigenvalue weighted by Crippen LogP contribution is 2.03. The zero-order valence-electron chi connectivity index (χ0n) is 14.0. The van der Waals surface area contributed by atoms with Gasteiger partial charge in [0.15, 0.2) is 0 Å². The van der Waals surface area contributed by atoms with Crippen molar-refractivity contribution in [2.45, 2.75) is 20.4 Å². The van der Waals surface area contributed by atoms with Crippen LogP contribution in [-0.4, -0.2) is 56.7 Å². The highest BCUT2D eigenvalue weighted by molar-refractivity contribution is 5.78. The Morgan fingerprint density at radius 3 is 2.83 bits per heavy atom. The first-order valence-corrected chi connectivity index (χ1v) is 7.73. The van der Waals surface area contributed by atoms with Crippen LogP contribution in [0.25, 0.3) is 0 Å². The summed E-state index contributed by atoms with van der Waals surface area (Å²) in [5.74, 6) is -0.0287. The van der Waals surface area contributed by atoms with Crippen LogP contribution in [-0.2, 0) is 25.6 Å². The second-order valence-corrected chi connectivity index (χ2v) is 5.21. The maximum atomic E-state index is 12.1. The molecule has 0 fully saturated rings. The van der Waals surface area contributed by atoms with Gasteiger partial charge in [-0.25, -0.2) is 0 Å². The third-order valence-electron chi connectivity index (χ3n) is 3.30. The van der Waals surface area contributed by atoms with Gasteiger partial charge in [0.05, 0.1) is 39.0 Å². The van der Waals surface area contributed by atoms with Gasteiger partial charge in [-0.3, -0.25) is 14.5 Å². The molecule has 1 amide bonds. The van der Waals surface area contributed by atoms with E-state index in [4.69, 9.17) is 13.9 Å². The van der Waals surface area contributed by atoms with Crippen LogP contribution in [0.1, 0.15) is 19.6 Å². The number of nitrogens with zero attached hydrogens (tertiary/aromatic N) is 1. The van der Waals surface area contributed by atoms with Crippen molar-refractivity contribution in [3.05, 3.63) is 24.2 Å². The smallest absolute Gasteiger partial charge is 0.309 e. The molecule has 0 aromatic carbocycles. The van der Waals surface area contributed by atoms with E-state index in [1.165, 1.54) is 7.11 Å². The molecular weight excluding hydrogens is 300 g/mol. The van der Waals surface area contributed by atoms with Crippen LogP contribution in [0, 0.1) is 5.92 Å². The Morgan fingerprint density at radius 1 is 1.43 bits per heavy atom. The van der Waals surface area contributed by atoms with E-state index in [2.05, 4.69) is 5.32 Å². The third kappa shape index (κ3) is 7.80. The SMILES string of the molecule is CCOCCN(CC(=O)NCc1ccco1)C[C@@H](C)C(=O)OC. The van der Waals surface area contributed by atoms with Crippen LogP contribution in [0.3, 0.4) is 0 Å². The minimum atomic E-state index is -0.306. The fourth-order valence-corrected chi connectivity index (χ4v) is 2.09. The molecule has 1 aromatic rings. The molecule has 0 aliphatic carbocycles. The largest absolute Gasteiger partial charge is 0.469 e. The van der Waals surface area contributed by atoms with Crippen LogP contribution < -0.4 is 5.32 Å². The molecule has 1 N–H and O–H groups in total. The van der Waals surface area contributed by atoms with E-state index in [0.717, 1.165) is 0 Å². The van der Waals surface area contributed by atoms with Gasteiger partial charge >= 0.3 is 5.97 Å². The highest BCUT2D eigenvalue weighted by atomic mass is 16.5. The number of ether oxygens (including phenoxy) is 2. The second kappa shape index (κ2) is 10.8. The van der Waals surface area contributed by atoms with Crippen molar-refractivity contribution < 1.29 is 23.5 Å². The third-order valence-corrected chi connectivity index (χ3v) is 3.30. The van der Waals surface area contributed by atoms with E-state index >= 15 is 0 Å². The van der Waals surface area contributed by atoms with Gasteiger partial charge < -0.3 is 19.2 Å². The number of furan rings is 1. The summed E-state index contributed by atoms with van der Waals surface area (Å²) in [4.78, 5) is 25.5. The number of amides is 1. The molecule has 0 bridgehead atoms. The molecule has 7 nitrogen and oxygen atoms in total. The lowest BCUT2D eigenvalue weighted by Crippen LogP contribution is -2.42. The van der Waals surface area contributed by atoms with Gasteiger partial charge in [-0.2, -0.15) is 0 Å². The van der Waals surface area contributed by atoms with Crippen molar-refractivity contribution in [1.29, 1.82) is 0 Å². The lowest BCUT2D eigenvalue weighted by atomic mass is 10.1. The zero-order chi connectivity index (χ0) is 17.1. The number of nitrogens with one attached hydrogen (secondary N) is 1. The monoisotopic (exact) mass is 326 g/mol. The average Bonchev–Trinajstić information content (AvgIpc) is 3.05. The Balaban J connectivity index is 2.45. The number of rotatable bonds is 11. The van der Waals surface area contributed by atoms with E-state index in [1.807, 2.05) is 11.8 Å². The minimum absolute atomic E-state index is 0.130. The summed E-state index contributed by atoms with van der Waals surface area (Å²) in [6, 6.07) is 3.57. The molecule has 0 spiro atoms. The highest BCUT2D eigenvalue weighted by Gasteiger charge is 2.19. The van der Waals surface area contributed by atoms with Crippen LogP contribution in [0.4, 0.5) is 0 Å². The fourth-order valence-electron chi connectivity index (χ4n) is 2.09. The standard InChI is InChI=1S/C16H26N2O5/c1-4-22-9-7-18(11-13(2)16(20)21-3)12-15(19)17-10-14-6-5-8-23-14/h5-6,8,13H,4,7,9-12H2,1-3H3,(H,17,19)/t13-/m1/s1. The molecule has 1 atom stereocenters. The van der Waals surface area contributed by atoms with E-state index in [0.29, 0.717) is 38.6 Å². The van der Waals surface area contributed by atoms with Gasteiger partial charge in [-0.05, 0) is 19.1 Å². The van der Waals surface area contributed by atoms with E-state index in [-0.39, 0.29) is 24.3 Å². The first-order valence-electron chi connectivity index (χ1n) is 7.73. The average molecular weight is 326 g/mol. The number of carbonyl (C=O) groups excluding carboxylic acids is 2. The van der Waals surface area contributed by atoms with Gasteiger partial charge in [-0.15, -0.1) is 0 Å². The summed E-state index contributed by atoms with van der Waals surface area (Å²) in [6.45, 7) is 6.36. The number of hydrogen-bond donors (Lipinski definition) is 1. The maximum absolute atomic E-state index is 12.1. The van der Waals surface area contributed by atoms with Gasteiger partial charge in [0, 0.05) is 19.7 Å². The Kier molecular flexibility index (Phi) is 9.01. The molecule has 0 radical (unpaired) electrons. The Bertz CT molecular complexity index is 461. The Morgan fingerprint density at radius 2 is 2.22 bits per heavy atom. The number of methoxy groups -OCH3 is 1. The molecule has 1 aromatic heterocycles. The second-order valence-electron chi connectivity index (χ2n) is 5.21. The Labute approximate surface area is 136 Å². The molecule has 23 heavy (non-hydrogen) atoms. The summed E-state index contributed by atoms with van der Waals surface area (Å²) >= 11 is 0. The van der Waals surface area contributed by atoms with Crippen molar-refractivity contribution in [3.8, 4) is 0 Å². The van der Waals surface area contributed by atoms with E-state index < -0.39 is 0 Å². The number of esters is 1. The molecule has 7 heteroatoms. The van der Waals surface area contributed by atoms with Crippen molar-refractivity contribution in [3.63, 3.8) is 0 Å². The molecule has 0 aliphatic rings. The van der Waals surface area contributed by atoms with Gasteiger partial charge in [0.25, 0.3) is 0 Å². The lowest BCUT2D eigenvalue weighted by Gasteiger charge is -2.24. The van der Waals surface area contributed by atoms with E-state index in [9.17, 15) is 9.59 Å². The summed E-state index contributed by atoms with van der Waals surface area (Å²) in [5, 5.41) is 2.79. The molecule has 130 valence electrons. The van der Waals surface area contributed by atoms with Crippen LogP contribution >= 0.6 is 0 Å². The molecule has 0 saturated heterocycles. The van der Waals surface area contributed by atoms with Gasteiger partial charge in [0.2, 0.25) is 5.91 Å². The predicted molar refractivity (Wildman–Crippen MR) is 84.7 cm³/mol. The molecule has 0 aliphatic heterocycles. The van der Waals surface area contributed by atoms with Crippen LogP contribution in [0.15, 0.2) is 22.8 Å². The normalized spacial score (nSPS) is 12.2. The molecule has 0 unspecified atom stereocenters. The Hall–Kier alpha value is -1.86. The van der Waals surface area contributed by atoms with Gasteiger partial charge in [-0.1, -0.05) is 6.92 Å². The number of carbonyl (C=O) groups is 2.